The molecule has 0 amide bonds. The number of aromatic nitrogens is 2. The molecule has 1 fully saturated rings. The molecule has 0 bridgehead atoms. The average molecular weight is 273 g/mol. The molecule has 1 aliphatic rings. The molecule has 4 heteroatoms. The van der Waals surface area contributed by atoms with Gasteiger partial charge in [0.25, 0.3) is 0 Å². The van der Waals surface area contributed by atoms with Crippen LogP contribution in [-0.4, -0.2) is 28.0 Å². The van der Waals surface area contributed by atoms with Crippen molar-refractivity contribution in [3.63, 3.8) is 0 Å². The second-order valence-electron chi connectivity index (χ2n) is 5.22. The molecule has 0 atom stereocenters. The van der Waals surface area contributed by atoms with Crippen molar-refractivity contribution in [1.82, 2.24) is 14.9 Å². The highest BCUT2D eigenvalue weighted by atomic mass is 32.1. The fourth-order valence-corrected chi connectivity index (χ4v) is 3.44. The van der Waals surface area contributed by atoms with Crippen molar-refractivity contribution < 1.29 is 0 Å². The van der Waals surface area contributed by atoms with Crippen LogP contribution >= 0.6 is 11.3 Å². The maximum atomic E-state index is 4.62. The Morgan fingerprint density at radius 1 is 1.32 bits per heavy atom. The van der Waals surface area contributed by atoms with Gasteiger partial charge in [0.2, 0.25) is 0 Å². The standard InChI is InChI=1S/C15H19N3S/c1-12-9-16-10-15(17-12)13-4-6-18(7-5-13)11-14-3-2-8-19-14/h2-3,8-10,13H,4-7,11H2,1H3. The Hall–Kier alpha value is -1.26. The molecular weight excluding hydrogens is 254 g/mol. The van der Waals surface area contributed by atoms with Gasteiger partial charge in [0.1, 0.15) is 0 Å². The lowest BCUT2D eigenvalue weighted by Crippen LogP contribution is -2.32. The SMILES string of the molecule is Cc1cncc(C2CCN(Cc3cccs3)CC2)n1. The predicted molar refractivity (Wildman–Crippen MR) is 78.3 cm³/mol. The van der Waals surface area contributed by atoms with Gasteiger partial charge >= 0.3 is 0 Å². The number of piperidine rings is 1. The van der Waals surface area contributed by atoms with Gasteiger partial charge in [-0.05, 0) is 44.3 Å². The van der Waals surface area contributed by atoms with Crippen LogP contribution in [0.3, 0.4) is 0 Å². The van der Waals surface area contributed by atoms with E-state index in [1.165, 1.54) is 23.4 Å². The van der Waals surface area contributed by atoms with Crippen LogP contribution in [0.2, 0.25) is 0 Å². The van der Waals surface area contributed by atoms with Gasteiger partial charge in [0.05, 0.1) is 11.4 Å². The van der Waals surface area contributed by atoms with E-state index in [1.807, 2.05) is 30.7 Å². The summed E-state index contributed by atoms with van der Waals surface area (Å²) in [6.07, 6.45) is 6.16. The molecule has 2 aromatic rings. The zero-order valence-corrected chi connectivity index (χ0v) is 12.1. The number of nitrogens with zero attached hydrogens (tertiary/aromatic N) is 3. The number of likely N-dealkylation sites (tertiary alicyclic amines) is 1. The van der Waals surface area contributed by atoms with Crippen LogP contribution in [0.5, 0.6) is 0 Å². The average Bonchev–Trinajstić information content (AvgIpc) is 2.92. The van der Waals surface area contributed by atoms with Crippen LogP contribution in [0.25, 0.3) is 0 Å². The largest absolute Gasteiger partial charge is 0.298 e. The molecule has 0 radical (unpaired) electrons. The first kappa shape index (κ1) is 12.8. The summed E-state index contributed by atoms with van der Waals surface area (Å²) in [4.78, 5) is 12.9. The van der Waals surface area contributed by atoms with Crippen LogP contribution in [-0.2, 0) is 6.54 Å². The maximum Gasteiger partial charge on any atom is 0.0621 e. The van der Waals surface area contributed by atoms with Gasteiger partial charge in [-0.15, -0.1) is 11.3 Å². The molecular formula is C15H19N3S. The fourth-order valence-electron chi connectivity index (χ4n) is 2.69. The van der Waals surface area contributed by atoms with Crippen molar-refractivity contribution >= 4 is 11.3 Å². The lowest BCUT2D eigenvalue weighted by molar-refractivity contribution is 0.204. The first-order chi connectivity index (χ1) is 9.31. The second-order valence-corrected chi connectivity index (χ2v) is 6.25. The zero-order valence-electron chi connectivity index (χ0n) is 11.2. The first-order valence-electron chi connectivity index (χ1n) is 6.84. The molecule has 0 aliphatic carbocycles. The highest BCUT2D eigenvalue weighted by Gasteiger charge is 2.22. The number of rotatable bonds is 3. The minimum absolute atomic E-state index is 0.590. The van der Waals surface area contributed by atoms with Crippen LogP contribution in [0.1, 0.15) is 35.0 Å². The Balaban J connectivity index is 1.57. The van der Waals surface area contributed by atoms with E-state index in [2.05, 4.69) is 32.4 Å². The van der Waals surface area contributed by atoms with Gasteiger partial charge in [-0.2, -0.15) is 0 Å². The van der Waals surface area contributed by atoms with Gasteiger partial charge in [-0.3, -0.25) is 14.9 Å². The van der Waals surface area contributed by atoms with E-state index in [4.69, 9.17) is 0 Å². The molecule has 3 heterocycles. The number of aryl methyl sites for hydroxylation is 1. The quantitative estimate of drug-likeness (QED) is 0.859. The van der Waals surface area contributed by atoms with Crippen LogP contribution in [0, 0.1) is 6.92 Å². The first-order valence-corrected chi connectivity index (χ1v) is 7.72. The number of hydrogen-bond donors (Lipinski definition) is 0. The Bertz CT molecular complexity index is 516. The Morgan fingerprint density at radius 3 is 2.84 bits per heavy atom. The molecule has 100 valence electrons. The molecule has 19 heavy (non-hydrogen) atoms. The van der Waals surface area contributed by atoms with E-state index in [1.54, 1.807) is 0 Å². The Labute approximate surface area is 118 Å². The van der Waals surface area contributed by atoms with Crippen LogP contribution in [0.4, 0.5) is 0 Å². The summed E-state index contributed by atoms with van der Waals surface area (Å²) in [5.74, 6) is 0.590. The molecule has 0 saturated carbocycles. The molecule has 0 N–H and O–H groups in total. The molecule has 2 aromatic heterocycles. The minimum atomic E-state index is 0.590. The van der Waals surface area contributed by atoms with E-state index < -0.39 is 0 Å². The highest BCUT2D eigenvalue weighted by molar-refractivity contribution is 7.09. The van der Waals surface area contributed by atoms with E-state index in [0.717, 1.165) is 25.3 Å². The summed E-state index contributed by atoms with van der Waals surface area (Å²) in [6, 6.07) is 4.36. The summed E-state index contributed by atoms with van der Waals surface area (Å²) < 4.78 is 0. The third-order valence-electron chi connectivity index (χ3n) is 3.74. The summed E-state index contributed by atoms with van der Waals surface area (Å²) in [7, 11) is 0. The lowest BCUT2D eigenvalue weighted by atomic mass is 9.93. The molecule has 0 spiro atoms. The van der Waals surface area contributed by atoms with Gasteiger partial charge in [0.15, 0.2) is 0 Å². The normalized spacial score (nSPS) is 17.7. The third kappa shape index (κ3) is 3.19. The summed E-state index contributed by atoms with van der Waals surface area (Å²) >= 11 is 1.85. The van der Waals surface area contributed by atoms with E-state index >= 15 is 0 Å². The molecule has 3 rings (SSSR count). The van der Waals surface area contributed by atoms with Gasteiger partial charge in [-0.25, -0.2) is 0 Å². The van der Waals surface area contributed by atoms with Crippen molar-refractivity contribution in [3.05, 3.63) is 46.2 Å². The molecule has 0 aromatic carbocycles. The van der Waals surface area contributed by atoms with Crippen LogP contribution < -0.4 is 0 Å². The van der Waals surface area contributed by atoms with Crippen molar-refractivity contribution in [1.29, 1.82) is 0 Å². The van der Waals surface area contributed by atoms with Crippen molar-refractivity contribution in [2.24, 2.45) is 0 Å². The maximum absolute atomic E-state index is 4.62. The zero-order chi connectivity index (χ0) is 13.1. The van der Waals surface area contributed by atoms with E-state index in [-0.39, 0.29) is 0 Å². The molecule has 0 unspecified atom stereocenters. The van der Waals surface area contributed by atoms with Crippen molar-refractivity contribution in [2.45, 2.75) is 32.2 Å². The van der Waals surface area contributed by atoms with Gasteiger partial charge in [-0.1, -0.05) is 6.07 Å². The smallest absolute Gasteiger partial charge is 0.0621 e. The predicted octanol–water partition coefficient (Wildman–Crippen LogP) is 3.23. The van der Waals surface area contributed by atoms with Crippen LogP contribution in [0.15, 0.2) is 29.9 Å². The topological polar surface area (TPSA) is 29.0 Å². The van der Waals surface area contributed by atoms with Crippen molar-refractivity contribution in [2.75, 3.05) is 13.1 Å². The fraction of sp³-hybridized carbons (Fsp3) is 0.467. The second kappa shape index (κ2) is 5.80. The number of thiophene rings is 1. The molecule has 3 nitrogen and oxygen atoms in total. The highest BCUT2D eigenvalue weighted by Crippen LogP contribution is 2.27. The Kier molecular flexibility index (Phi) is 3.89. The third-order valence-corrected chi connectivity index (χ3v) is 4.60. The molecule has 1 saturated heterocycles. The van der Waals surface area contributed by atoms with Crippen molar-refractivity contribution in [3.8, 4) is 0 Å². The monoisotopic (exact) mass is 273 g/mol. The summed E-state index contributed by atoms with van der Waals surface area (Å²) in [5, 5.41) is 2.16. The van der Waals surface area contributed by atoms with Gasteiger partial charge in [0, 0.05) is 29.7 Å². The van der Waals surface area contributed by atoms with E-state index in [0.29, 0.717) is 5.92 Å². The summed E-state index contributed by atoms with van der Waals surface area (Å²) in [5.41, 5.74) is 2.20. The van der Waals surface area contributed by atoms with Gasteiger partial charge < -0.3 is 0 Å². The Morgan fingerprint density at radius 2 is 2.16 bits per heavy atom. The lowest BCUT2D eigenvalue weighted by Gasteiger charge is -2.31. The minimum Gasteiger partial charge on any atom is -0.298 e. The molecule has 1 aliphatic heterocycles. The number of hydrogen-bond acceptors (Lipinski definition) is 4. The van der Waals surface area contributed by atoms with E-state index in [9.17, 15) is 0 Å². The summed E-state index contributed by atoms with van der Waals surface area (Å²) in [6.45, 7) is 5.45.